The van der Waals surface area contributed by atoms with Crippen LogP contribution in [0.1, 0.15) is 26.7 Å². The molecular weight excluding hydrogens is 148 g/mol. The first-order valence-corrected chi connectivity index (χ1v) is 4.41. The molecule has 0 amide bonds. The Morgan fingerprint density at radius 1 is 1.50 bits per heavy atom. The average Bonchev–Trinajstić information content (AvgIpc) is 1.88. The van der Waals surface area contributed by atoms with Crippen LogP contribution in [0.2, 0.25) is 0 Å². The van der Waals surface area contributed by atoms with Gasteiger partial charge in [-0.25, -0.2) is 0 Å². The fourth-order valence-corrected chi connectivity index (χ4v) is 1.89. The highest BCUT2D eigenvalue weighted by Crippen LogP contribution is 2.24. The molecular formula is C8H15ClO. The SMILES string of the molecule is CC(C)[C@@H]1OCCC[C@H]1Cl. The highest BCUT2D eigenvalue weighted by Gasteiger charge is 2.26. The molecule has 0 N–H and O–H groups in total. The molecule has 0 spiro atoms. The molecule has 1 aliphatic heterocycles. The van der Waals surface area contributed by atoms with E-state index in [-0.39, 0.29) is 11.5 Å². The summed E-state index contributed by atoms with van der Waals surface area (Å²) in [5.41, 5.74) is 0. The third-order valence-corrected chi connectivity index (χ3v) is 2.41. The van der Waals surface area contributed by atoms with Gasteiger partial charge in [-0.05, 0) is 18.8 Å². The van der Waals surface area contributed by atoms with Crippen LogP contribution in [0.15, 0.2) is 0 Å². The van der Waals surface area contributed by atoms with E-state index < -0.39 is 0 Å². The molecule has 0 bridgehead atoms. The van der Waals surface area contributed by atoms with Gasteiger partial charge in [0.05, 0.1) is 11.5 Å². The van der Waals surface area contributed by atoms with Crippen LogP contribution in [-0.4, -0.2) is 18.1 Å². The van der Waals surface area contributed by atoms with E-state index in [4.69, 9.17) is 16.3 Å². The standard InChI is InChI=1S/C8H15ClO/c1-6(2)8-7(9)4-3-5-10-8/h6-8H,3-5H2,1-2H3/t7-,8+/m1/s1. The Morgan fingerprint density at radius 2 is 2.20 bits per heavy atom. The maximum Gasteiger partial charge on any atom is 0.0761 e. The van der Waals surface area contributed by atoms with E-state index in [1.165, 1.54) is 0 Å². The summed E-state index contributed by atoms with van der Waals surface area (Å²) in [6.45, 7) is 5.21. The van der Waals surface area contributed by atoms with Crippen molar-refractivity contribution in [1.29, 1.82) is 0 Å². The highest BCUT2D eigenvalue weighted by molar-refractivity contribution is 6.21. The monoisotopic (exact) mass is 162 g/mol. The fraction of sp³-hybridized carbons (Fsp3) is 1.00. The Balaban J connectivity index is 2.40. The molecule has 10 heavy (non-hydrogen) atoms. The molecule has 2 atom stereocenters. The maximum absolute atomic E-state index is 6.05. The zero-order chi connectivity index (χ0) is 7.56. The van der Waals surface area contributed by atoms with E-state index in [0.717, 1.165) is 19.4 Å². The van der Waals surface area contributed by atoms with Crippen LogP contribution in [0.3, 0.4) is 0 Å². The first kappa shape index (κ1) is 8.35. The van der Waals surface area contributed by atoms with Gasteiger partial charge in [-0.3, -0.25) is 0 Å². The lowest BCUT2D eigenvalue weighted by molar-refractivity contribution is -0.00821. The molecule has 1 rings (SSSR count). The first-order chi connectivity index (χ1) is 4.72. The number of rotatable bonds is 1. The number of halogens is 1. The van der Waals surface area contributed by atoms with Crippen LogP contribution in [0, 0.1) is 5.92 Å². The molecule has 0 aromatic rings. The van der Waals surface area contributed by atoms with E-state index in [0.29, 0.717) is 5.92 Å². The lowest BCUT2D eigenvalue weighted by atomic mass is 9.99. The molecule has 0 aromatic carbocycles. The summed E-state index contributed by atoms with van der Waals surface area (Å²) in [7, 11) is 0. The molecule has 1 aliphatic rings. The molecule has 1 saturated heterocycles. The molecule has 0 unspecified atom stereocenters. The number of hydrogen-bond acceptors (Lipinski definition) is 1. The largest absolute Gasteiger partial charge is 0.376 e. The fourth-order valence-electron chi connectivity index (χ4n) is 1.38. The molecule has 0 aliphatic carbocycles. The summed E-state index contributed by atoms with van der Waals surface area (Å²) >= 11 is 6.05. The van der Waals surface area contributed by atoms with Gasteiger partial charge in [-0.15, -0.1) is 11.6 Å². The van der Waals surface area contributed by atoms with Crippen LogP contribution in [-0.2, 0) is 4.74 Å². The van der Waals surface area contributed by atoms with Gasteiger partial charge in [0.15, 0.2) is 0 Å². The molecule has 1 nitrogen and oxygen atoms in total. The van der Waals surface area contributed by atoms with Crippen LogP contribution in [0.4, 0.5) is 0 Å². The van der Waals surface area contributed by atoms with Crippen LogP contribution in [0.5, 0.6) is 0 Å². The molecule has 60 valence electrons. The third kappa shape index (κ3) is 1.86. The Morgan fingerprint density at radius 3 is 2.60 bits per heavy atom. The quantitative estimate of drug-likeness (QED) is 0.539. The van der Waals surface area contributed by atoms with Gasteiger partial charge in [0.1, 0.15) is 0 Å². The van der Waals surface area contributed by atoms with Gasteiger partial charge >= 0.3 is 0 Å². The van der Waals surface area contributed by atoms with Gasteiger partial charge in [0.2, 0.25) is 0 Å². The summed E-state index contributed by atoms with van der Waals surface area (Å²) in [6.07, 6.45) is 2.53. The first-order valence-electron chi connectivity index (χ1n) is 3.97. The summed E-state index contributed by atoms with van der Waals surface area (Å²) in [4.78, 5) is 0. The van der Waals surface area contributed by atoms with Crippen molar-refractivity contribution in [3.05, 3.63) is 0 Å². The van der Waals surface area contributed by atoms with Crippen molar-refractivity contribution < 1.29 is 4.74 Å². The van der Waals surface area contributed by atoms with E-state index in [9.17, 15) is 0 Å². The van der Waals surface area contributed by atoms with Gasteiger partial charge in [-0.2, -0.15) is 0 Å². The molecule has 2 heteroatoms. The summed E-state index contributed by atoms with van der Waals surface area (Å²) in [5.74, 6) is 0.558. The topological polar surface area (TPSA) is 9.23 Å². The Kier molecular flexibility index (Phi) is 2.99. The minimum Gasteiger partial charge on any atom is -0.376 e. The van der Waals surface area contributed by atoms with Crippen molar-refractivity contribution in [1.82, 2.24) is 0 Å². The van der Waals surface area contributed by atoms with Gasteiger partial charge in [0, 0.05) is 6.61 Å². The Bertz CT molecular complexity index is 103. The highest BCUT2D eigenvalue weighted by atomic mass is 35.5. The third-order valence-electron chi connectivity index (χ3n) is 1.95. The second-order valence-electron chi connectivity index (χ2n) is 3.24. The van der Waals surface area contributed by atoms with Crippen LogP contribution in [0.25, 0.3) is 0 Å². The number of hydrogen-bond donors (Lipinski definition) is 0. The second-order valence-corrected chi connectivity index (χ2v) is 3.80. The van der Waals surface area contributed by atoms with Crippen molar-refractivity contribution in [2.45, 2.75) is 38.2 Å². The van der Waals surface area contributed by atoms with Crippen molar-refractivity contribution in [3.63, 3.8) is 0 Å². The Labute approximate surface area is 67.7 Å². The van der Waals surface area contributed by atoms with E-state index in [2.05, 4.69) is 13.8 Å². The van der Waals surface area contributed by atoms with Crippen molar-refractivity contribution in [3.8, 4) is 0 Å². The summed E-state index contributed by atoms with van der Waals surface area (Å²) in [5, 5.41) is 0.244. The molecule has 1 heterocycles. The number of alkyl halides is 1. The predicted octanol–water partition coefficient (Wildman–Crippen LogP) is 2.43. The molecule has 0 radical (unpaired) electrons. The lowest BCUT2D eigenvalue weighted by Crippen LogP contribution is -2.34. The van der Waals surface area contributed by atoms with Gasteiger partial charge in [-0.1, -0.05) is 13.8 Å². The van der Waals surface area contributed by atoms with Crippen molar-refractivity contribution in [2.75, 3.05) is 6.61 Å². The zero-order valence-electron chi connectivity index (χ0n) is 6.64. The lowest BCUT2D eigenvalue weighted by Gasteiger charge is -2.30. The van der Waals surface area contributed by atoms with E-state index >= 15 is 0 Å². The minimum absolute atomic E-state index is 0.244. The predicted molar refractivity (Wildman–Crippen MR) is 43.5 cm³/mol. The zero-order valence-corrected chi connectivity index (χ0v) is 7.40. The van der Waals surface area contributed by atoms with Crippen molar-refractivity contribution in [2.24, 2.45) is 5.92 Å². The average molecular weight is 163 g/mol. The number of ether oxygens (including phenoxy) is 1. The van der Waals surface area contributed by atoms with E-state index in [1.807, 2.05) is 0 Å². The maximum atomic E-state index is 6.05. The smallest absolute Gasteiger partial charge is 0.0761 e. The van der Waals surface area contributed by atoms with E-state index in [1.54, 1.807) is 0 Å². The minimum atomic E-state index is 0.244. The Hall–Kier alpha value is 0.250. The molecule has 0 aromatic heterocycles. The molecule has 0 saturated carbocycles. The van der Waals surface area contributed by atoms with Gasteiger partial charge in [0.25, 0.3) is 0 Å². The second kappa shape index (κ2) is 3.59. The van der Waals surface area contributed by atoms with Crippen molar-refractivity contribution >= 4 is 11.6 Å². The van der Waals surface area contributed by atoms with Gasteiger partial charge < -0.3 is 4.74 Å². The summed E-state index contributed by atoms with van der Waals surface area (Å²) in [6, 6.07) is 0. The summed E-state index contributed by atoms with van der Waals surface area (Å²) < 4.78 is 5.52. The van der Waals surface area contributed by atoms with Crippen LogP contribution >= 0.6 is 11.6 Å². The molecule has 1 fully saturated rings. The normalized spacial score (nSPS) is 34.8. The van der Waals surface area contributed by atoms with Crippen LogP contribution < -0.4 is 0 Å².